The van der Waals surface area contributed by atoms with Crippen molar-refractivity contribution in [3.63, 3.8) is 0 Å². The van der Waals surface area contributed by atoms with Crippen molar-refractivity contribution in [2.45, 2.75) is 6.42 Å². The summed E-state index contributed by atoms with van der Waals surface area (Å²) in [6.07, 6.45) is 2.23. The molecule has 0 saturated heterocycles. The summed E-state index contributed by atoms with van der Waals surface area (Å²) in [7, 11) is 0. The Morgan fingerprint density at radius 1 is 1.54 bits per heavy atom. The summed E-state index contributed by atoms with van der Waals surface area (Å²) >= 11 is 0. The number of hydrogen-bond donors (Lipinski definition) is 2. The van der Waals surface area contributed by atoms with Crippen LogP contribution in [0.5, 0.6) is 0 Å². The van der Waals surface area contributed by atoms with Gasteiger partial charge in [-0.15, -0.1) is 0 Å². The molecule has 6 heteroatoms. The minimum absolute atomic E-state index is 0.505. The summed E-state index contributed by atoms with van der Waals surface area (Å²) in [6, 6.07) is 1.77. The first-order valence-electron chi connectivity index (χ1n) is 3.92. The second-order valence-corrected chi connectivity index (χ2v) is 2.52. The van der Waals surface area contributed by atoms with Crippen LogP contribution in [0.1, 0.15) is 5.89 Å². The number of rotatable bonds is 3. The average Bonchev–Trinajstić information content (AvgIpc) is 2.70. The number of nitrogens with two attached hydrogens (primary N) is 1. The normalized spacial score (nSPS) is 10.5. The van der Waals surface area contributed by atoms with Crippen molar-refractivity contribution in [2.75, 3.05) is 6.54 Å². The van der Waals surface area contributed by atoms with Crippen molar-refractivity contribution < 1.29 is 4.52 Å². The molecule has 2 rings (SSSR count). The number of H-pyrrole nitrogens is 1. The summed E-state index contributed by atoms with van der Waals surface area (Å²) in [6.45, 7) is 0.505. The van der Waals surface area contributed by atoms with Gasteiger partial charge in [0.2, 0.25) is 11.7 Å². The zero-order valence-corrected chi connectivity index (χ0v) is 6.90. The van der Waals surface area contributed by atoms with E-state index in [1.807, 2.05) is 0 Å². The van der Waals surface area contributed by atoms with Crippen LogP contribution in [0.3, 0.4) is 0 Å². The fourth-order valence-electron chi connectivity index (χ4n) is 0.970. The van der Waals surface area contributed by atoms with E-state index >= 15 is 0 Å². The lowest BCUT2D eigenvalue weighted by Crippen LogP contribution is -2.02. The van der Waals surface area contributed by atoms with Crippen molar-refractivity contribution in [3.8, 4) is 11.5 Å². The van der Waals surface area contributed by atoms with Gasteiger partial charge in [-0.2, -0.15) is 10.1 Å². The highest BCUT2D eigenvalue weighted by Crippen LogP contribution is 2.11. The fourth-order valence-corrected chi connectivity index (χ4v) is 0.970. The molecule has 0 fully saturated rings. The Kier molecular flexibility index (Phi) is 2.05. The van der Waals surface area contributed by atoms with Crippen LogP contribution in [0.25, 0.3) is 11.5 Å². The maximum atomic E-state index is 5.34. The summed E-state index contributed by atoms with van der Waals surface area (Å²) in [5.74, 6) is 1.06. The van der Waals surface area contributed by atoms with Crippen molar-refractivity contribution in [1.82, 2.24) is 20.3 Å². The zero-order chi connectivity index (χ0) is 9.10. The van der Waals surface area contributed by atoms with Gasteiger partial charge >= 0.3 is 0 Å². The first-order valence-corrected chi connectivity index (χ1v) is 3.92. The van der Waals surface area contributed by atoms with E-state index in [0.717, 1.165) is 5.69 Å². The van der Waals surface area contributed by atoms with Crippen molar-refractivity contribution in [2.24, 2.45) is 5.73 Å². The zero-order valence-electron chi connectivity index (χ0n) is 6.90. The standard InChI is InChI=1S/C7H9N5O/c8-3-1-6-10-7(12-13-6)5-2-4-9-11-5/h2,4H,1,3,8H2,(H,9,11). The number of nitrogens with one attached hydrogen (secondary N) is 1. The smallest absolute Gasteiger partial charge is 0.228 e. The van der Waals surface area contributed by atoms with Gasteiger partial charge in [0.05, 0.1) is 0 Å². The summed E-state index contributed by atoms with van der Waals surface area (Å²) in [5.41, 5.74) is 6.08. The highest BCUT2D eigenvalue weighted by molar-refractivity contribution is 5.46. The predicted octanol–water partition coefficient (Wildman–Crippen LogP) is -0.0391. The molecule has 0 saturated carbocycles. The van der Waals surface area contributed by atoms with Crippen LogP contribution >= 0.6 is 0 Å². The van der Waals surface area contributed by atoms with Gasteiger partial charge in [0.15, 0.2) is 0 Å². The molecular weight excluding hydrogens is 170 g/mol. The Hall–Kier alpha value is -1.69. The van der Waals surface area contributed by atoms with E-state index in [1.165, 1.54) is 0 Å². The van der Waals surface area contributed by atoms with E-state index in [9.17, 15) is 0 Å². The minimum Gasteiger partial charge on any atom is -0.339 e. The minimum atomic E-state index is 0.505. The highest BCUT2D eigenvalue weighted by atomic mass is 16.5. The molecule has 3 N–H and O–H groups in total. The molecule has 13 heavy (non-hydrogen) atoms. The van der Waals surface area contributed by atoms with Gasteiger partial charge in [0, 0.05) is 19.2 Å². The van der Waals surface area contributed by atoms with Crippen LogP contribution in [0.2, 0.25) is 0 Å². The Morgan fingerprint density at radius 2 is 2.46 bits per heavy atom. The van der Waals surface area contributed by atoms with Gasteiger partial charge in [0.25, 0.3) is 0 Å². The average molecular weight is 179 g/mol. The third-order valence-electron chi connectivity index (χ3n) is 1.57. The second kappa shape index (κ2) is 3.36. The maximum Gasteiger partial charge on any atom is 0.228 e. The van der Waals surface area contributed by atoms with Crippen LogP contribution in [0.4, 0.5) is 0 Å². The van der Waals surface area contributed by atoms with Gasteiger partial charge in [-0.25, -0.2) is 0 Å². The van der Waals surface area contributed by atoms with E-state index in [-0.39, 0.29) is 0 Å². The molecule has 0 radical (unpaired) electrons. The molecule has 0 bridgehead atoms. The molecule has 0 amide bonds. The molecule has 0 aliphatic carbocycles. The monoisotopic (exact) mass is 179 g/mol. The summed E-state index contributed by atoms with van der Waals surface area (Å²) < 4.78 is 4.94. The van der Waals surface area contributed by atoms with Gasteiger partial charge < -0.3 is 10.3 Å². The fraction of sp³-hybridized carbons (Fsp3) is 0.286. The molecule has 0 aliphatic rings. The second-order valence-electron chi connectivity index (χ2n) is 2.52. The Morgan fingerprint density at radius 3 is 3.15 bits per heavy atom. The van der Waals surface area contributed by atoms with Gasteiger partial charge in [-0.3, -0.25) is 5.10 Å². The third kappa shape index (κ3) is 1.57. The number of hydrogen-bond acceptors (Lipinski definition) is 5. The molecule has 0 aliphatic heterocycles. The first kappa shape index (κ1) is 7.93. The Balaban J connectivity index is 2.23. The van der Waals surface area contributed by atoms with Gasteiger partial charge in [-0.1, -0.05) is 5.16 Å². The first-order chi connectivity index (χ1) is 6.40. The van der Waals surface area contributed by atoms with E-state index in [0.29, 0.717) is 24.7 Å². The molecule has 2 heterocycles. The lowest BCUT2D eigenvalue weighted by atomic mass is 10.4. The van der Waals surface area contributed by atoms with Gasteiger partial charge in [0.1, 0.15) is 5.69 Å². The third-order valence-corrected chi connectivity index (χ3v) is 1.57. The van der Waals surface area contributed by atoms with Gasteiger partial charge in [-0.05, 0) is 6.07 Å². The lowest BCUT2D eigenvalue weighted by molar-refractivity contribution is 0.380. The maximum absolute atomic E-state index is 5.34. The summed E-state index contributed by atoms with van der Waals surface area (Å²) in [4.78, 5) is 4.11. The van der Waals surface area contributed by atoms with Crippen molar-refractivity contribution in [1.29, 1.82) is 0 Å². The van der Waals surface area contributed by atoms with Crippen LogP contribution in [0, 0.1) is 0 Å². The van der Waals surface area contributed by atoms with Crippen LogP contribution in [-0.2, 0) is 6.42 Å². The van der Waals surface area contributed by atoms with E-state index < -0.39 is 0 Å². The summed E-state index contributed by atoms with van der Waals surface area (Å²) in [5, 5.41) is 10.3. The van der Waals surface area contributed by atoms with Crippen LogP contribution in [-0.4, -0.2) is 26.9 Å². The molecule has 0 aromatic carbocycles. The molecule has 0 atom stereocenters. The van der Waals surface area contributed by atoms with E-state index in [2.05, 4.69) is 20.3 Å². The molecule has 6 nitrogen and oxygen atoms in total. The van der Waals surface area contributed by atoms with Crippen LogP contribution in [0.15, 0.2) is 16.8 Å². The lowest BCUT2D eigenvalue weighted by Gasteiger charge is -1.84. The number of aromatic amines is 1. The van der Waals surface area contributed by atoms with E-state index in [1.54, 1.807) is 12.3 Å². The number of aromatic nitrogens is 4. The highest BCUT2D eigenvalue weighted by Gasteiger charge is 2.07. The Bertz CT molecular complexity index is 366. The molecule has 0 unspecified atom stereocenters. The molecule has 0 spiro atoms. The predicted molar refractivity (Wildman–Crippen MR) is 44.6 cm³/mol. The van der Waals surface area contributed by atoms with Crippen LogP contribution < -0.4 is 5.73 Å². The quantitative estimate of drug-likeness (QED) is 0.689. The molecular formula is C7H9N5O. The number of nitrogens with zero attached hydrogens (tertiary/aromatic N) is 3. The van der Waals surface area contributed by atoms with Crippen molar-refractivity contribution in [3.05, 3.63) is 18.2 Å². The topological polar surface area (TPSA) is 93.6 Å². The SMILES string of the molecule is NCCc1nc(-c2ccn[nH]2)no1. The van der Waals surface area contributed by atoms with Crippen molar-refractivity contribution >= 4 is 0 Å². The van der Waals surface area contributed by atoms with E-state index in [4.69, 9.17) is 10.3 Å². The molecule has 2 aromatic heterocycles. The molecule has 2 aromatic rings. The largest absolute Gasteiger partial charge is 0.339 e. The Labute approximate surface area is 74.1 Å². The molecule has 68 valence electrons.